The van der Waals surface area contributed by atoms with Gasteiger partial charge in [-0.05, 0) is 43.7 Å². The van der Waals surface area contributed by atoms with Gasteiger partial charge in [-0.3, -0.25) is 14.5 Å². The molecule has 0 spiro atoms. The first-order valence-electron chi connectivity index (χ1n) is 6.98. The molecule has 1 aliphatic heterocycles. The molecule has 21 heavy (non-hydrogen) atoms. The largest absolute Gasteiger partial charge is 0.347 e. The predicted octanol–water partition coefficient (Wildman–Crippen LogP) is 1.32. The van der Waals surface area contributed by atoms with Crippen LogP contribution in [-0.2, 0) is 9.59 Å². The highest BCUT2D eigenvalue weighted by Gasteiger charge is 2.32. The summed E-state index contributed by atoms with van der Waals surface area (Å²) in [5.74, 6) is -0.508. The summed E-state index contributed by atoms with van der Waals surface area (Å²) >= 11 is 0. The number of benzene rings is 1. The van der Waals surface area contributed by atoms with Gasteiger partial charge in [0.25, 0.3) is 0 Å². The van der Waals surface area contributed by atoms with Gasteiger partial charge in [-0.15, -0.1) is 0 Å². The lowest BCUT2D eigenvalue weighted by Gasteiger charge is -2.25. The van der Waals surface area contributed by atoms with E-state index in [1.165, 1.54) is 24.3 Å². The van der Waals surface area contributed by atoms with Crippen LogP contribution in [0.25, 0.3) is 0 Å². The fraction of sp³-hybridized carbons (Fsp3) is 0.467. The van der Waals surface area contributed by atoms with Gasteiger partial charge >= 0.3 is 0 Å². The number of halogens is 1. The van der Waals surface area contributed by atoms with Crippen LogP contribution in [0.4, 0.5) is 10.1 Å². The third kappa shape index (κ3) is 4.01. The number of nitrogens with one attached hydrogen (secondary N) is 1. The molecular weight excluding hydrogens is 273 g/mol. The Morgan fingerprint density at radius 3 is 2.62 bits per heavy atom. The van der Waals surface area contributed by atoms with Crippen LogP contribution >= 0.6 is 0 Å². The van der Waals surface area contributed by atoms with Crippen LogP contribution in [0.15, 0.2) is 24.3 Å². The highest BCUT2D eigenvalue weighted by atomic mass is 19.1. The maximum atomic E-state index is 12.8. The van der Waals surface area contributed by atoms with Crippen molar-refractivity contribution in [1.82, 2.24) is 9.80 Å². The smallest absolute Gasteiger partial charge is 0.239 e. The molecule has 1 N–H and O–H groups in total. The Morgan fingerprint density at radius 1 is 1.33 bits per heavy atom. The summed E-state index contributed by atoms with van der Waals surface area (Å²) in [4.78, 5) is 27.5. The van der Waals surface area contributed by atoms with Crippen molar-refractivity contribution in [2.75, 3.05) is 32.5 Å². The summed E-state index contributed by atoms with van der Waals surface area (Å²) < 4.78 is 12.8. The lowest BCUT2D eigenvalue weighted by molar-refractivity contribution is -0.133. The Labute approximate surface area is 123 Å². The van der Waals surface area contributed by atoms with E-state index in [4.69, 9.17) is 0 Å². The first-order valence-corrected chi connectivity index (χ1v) is 6.98. The predicted molar refractivity (Wildman–Crippen MR) is 78.3 cm³/mol. The Hall–Kier alpha value is -1.95. The fourth-order valence-electron chi connectivity index (χ4n) is 2.51. The van der Waals surface area contributed by atoms with E-state index in [-0.39, 0.29) is 30.2 Å². The monoisotopic (exact) mass is 293 g/mol. The zero-order chi connectivity index (χ0) is 15.4. The normalized spacial score (nSPS) is 18.5. The Morgan fingerprint density at radius 2 is 2.00 bits per heavy atom. The van der Waals surface area contributed by atoms with E-state index in [9.17, 15) is 14.0 Å². The number of nitrogens with zero attached hydrogens (tertiary/aromatic N) is 2. The minimum Gasteiger partial charge on any atom is -0.347 e. The van der Waals surface area contributed by atoms with Crippen LogP contribution < -0.4 is 5.32 Å². The lowest BCUT2D eigenvalue weighted by Crippen LogP contribution is -2.45. The minimum absolute atomic E-state index is 0.0297. The minimum atomic E-state index is -0.343. The fourth-order valence-corrected chi connectivity index (χ4v) is 2.51. The molecule has 0 aromatic heterocycles. The van der Waals surface area contributed by atoms with Crippen LogP contribution in [0.1, 0.15) is 12.8 Å². The molecule has 2 amide bonds. The van der Waals surface area contributed by atoms with E-state index >= 15 is 0 Å². The van der Waals surface area contributed by atoms with Crippen molar-refractivity contribution in [3.05, 3.63) is 30.1 Å². The molecule has 1 aliphatic rings. The van der Waals surface area contributed by atoms with E-state index in [0.29, 0.717) is 5.69 Å². The summed E-state index contributed by atoms with van der Waals surface area (Å²) in [6.07, 6.45) is 1.69. The van der Waals surface area contributed by atoms with Gasteiger partial charge in [-0.1, -0.05) is 0 Å². The van der Waals surface area contributed by atoms with Crippen LogP contribution in [-0.4, -0.2) is 54.8 Å². The first-order chi connectivity index (χ1) is 9.97. The third-order valence-electron chi connectivity index (χ3n) is 3.56. The number of hydrogen-bond acceptors (Lipinski definition) is 3. The van der Waals surface area contributed by atoms with Gasteiger partial charge in [0.2, 0.25) is 11.8 Å². The highest BCUT2D eigenvalue weighted by molar-refractivity contribution is 5.93. The molecule has 1 heterocycles. The molecule has 0 bridgehead atoms. The van der Waals surface area contributed by atoms with Crippen molar-refractivity contribution >= 4 is 17.5 Å². The number of hydrogen-bond donors (Lipinski definition) is 1. The number of likely N-dealkylation sites (N-methyl/N-ethyl adjacent to an activating group) is 1. The van der Waals surface area contributed by atoms with Crippen molar-refractivity contribution in [3.8, 4) is 0 Å². The van der Waals surface area contributed by atoms with Crippen molar-refractivity contribution in [2.24, 2.45) is 0 Å². The molecule has 6 heteroatoms. The molecule has 0 unspecified atom stereocenters. The number of carbonyl (C=O) groups is 2. The third-order valence-corrected chi connectivity index (χ3v) is 3.56. The lowest BCUT2D eigenvalue weighted by atomic mass is 10.2. The first kappa shape index (κ1) is 15.4. The molecule has 1 saturated heterocycles. The van der Waals surface area contributed by atoms with Gasteiger partial charge < -0.3 is 10.2 Å². The Balaban J connectivity index is 1.92. The molecular formula is C15H20FN3O2. The van der Waals surface area contributed by atoms with Crippen molar-refractivity contribution in [2.45, 2.75) is 18.9 Å². The van der Waals surface area contributed by atoms with Gasteiger partial charge in [-0.25, -0.2) is 4.39 Å². The van der Waals surface area contributed by atoms with E-state index in [2.05, 4.69) is 5.32 Å². The van der Waals surface area contributed by atoms with Crippen LogP contribution in [0.5, 0.6) is 0 Å². The van der Waals surface area contributed by atoms with Gasteiger partial charge in [0.05, 0.1) is 12.6 Å². The maximum absolute atomic E-state index is 12.8. The van der Waals surface area contributed by atoms with E-state index < -0.39 is 0 Å². The van der Waals surface area contributed by atoms with E-state index in [1.54, 1.807) is 19.0 Å². The van der Waals surface area contributed by atoms with E-state index in [0.717, 1.165) is 19.4 Å². The zero-order valence-electron chi connectivity index (χ0n) is 12.3. The van der Waals surface area contributed by atoms with Crippen molar-refractivity contribution in [3.63, 3.8) is 0 Å². The van der Waals surface area contributed by atoms with Gasteiger partial charge in [0.1, 0.15) is 5.82 Å². The van der Waals surface area contributed by atoms with Crippen LogP contribution in [0.3, 0.4) is 0 Å². The summed E-state index contributed by atoms with van der Waals surface area (Å²) in [5, 5.41) is 2.71. The quantitative estimate of drug-likeness (QED) is 0.911. The molecule has 0 aliphatic carbocycles. The SMILES string of the molecule is CN(C)C(=O)[C@@H]1CCCN1CC(=O)Nc1ccc(F)cc1. The summed E-state index contributed by atoms with van der Waals surface area (Å²) in [6, 6.07) is 5.39. The summed E-state index contributed by atoms with van der Waals surface area (Å²) in [6.45, 7) is 0.905. The number of carbonyl (C=O) groups excluding carboxylic acids is 2. The average Bonchev–Trinajstić information content (AvgIpc) is 2.88. The van der Waals surface area contributed by atoms with Crippen molar-refractivity contribution in [1.29, 1.82) is 0 Å². The molecule has 114 valence electrons. The zero-order valence-corrected chi connectivity index (χ0v) is 12.3. The number of likely N-dealkylation sites (tertiary alicyclic amines) is 1. The van der Waals surface area contributed by atoms with Crippen molar-refractivity contribution < 1.29 is 14.0 Å². The standard InChI is InChI=1S/C15H20FN3O2/c1-18(2)15(21)13-4-3-9-19(13)10-14(20)17-12-7-5-11(16)6-8-12/h5-8,13H,3-4,9-10H2,1-2H3,(H,17,20)/t13-/m0/s1. The van der Waals surface area contributed by atoms with Gasteiger partial charge in [-0.2, -0.15) is 0 Å². The maximum Gasteiger partial charge on any atom is 0.239 e. The molecule has 5 nitrogen and oxygen atoms in total. The molecule has 2 rings (SSSR count). The average molecular weight is 293 g/mol. The topological polar surface area (TPSA) is 52.7 Å². The Kier molecular flexibility index (Phi) is 4.90. The molecule has 1 aromatic carbocycles. The molecule has 1 atom stereocenters. The molecule has 0 saturated carbocycles. The number of amides is 2. The molecule has 1 fully saturated rings. The second-order valence-electron chi connectivity index (χ2n) is 5.42. The van der Waals surface area contributed by atoms with Crippen LogP contribution in [0, 0.1) is 5.82 Å². The second-order valence-corrected chi connectivity index (χ2v) is 5.42. The number of anilines is 1. The highest BCUT2D eigenvalue weighted by Crippen LogP contribution is 2.18. The molecule has 1 aromatic rings. The summed E-state index contributed by atoms with van der Waals surface area (Å²) in [7, 11) is 3.44. The van der Waals surface area contributed by atoms with Gasteiger partial charge in [0.15, 0.2) is 0 Å². The second kappa shape index (κ2) is 6.67. The summed E-state index contributed by atoms with van der Waals surface area (Å²) in [5.41, 5.74) is 0.552. The van der Waals surface area contributed by atoms with Crippen LogP contribution in [0.2, 0.25) is 0 Å². The molecule has 0 radical (unpaired) electrons. The van der Waals surface area contributed by atoms with E-state index in [1.807, 2.05) is 4.90 Å². The Bertz CT molecular complexity index is 516. The van der Waals surface area contributed by atoms with Gasteiger partial charge in [0, 0.05) is 19.8 Å². The number of rotatable bonds is 4.